The molecule has 0 unspecified atom stereocenters. The summed E-state index contributed by atoms with van der Waals surface area (Å²) in [6.45, 7) is 14.1. The quantitative estimate of drug-likeness (QED) is 0.546. The van der Waals surface area contributed by atoms with E-state index < -0.39 is 24.2 Å². The first-order valence-electron chi connectivity index (χ1n) is 11.0. The number of nitrogens with one attached hydrogen (secondary N) is 1. The fourth-order valence-electron chi connectivity index (χ4n) is 3.30. The normalized spacial score (nSPS) is 16.8. The van der Waals surface area contributed by atoms with Gasteiger partial charge in [-0.3, -0.25) is 0 Å². The van der Waals surface area contributed by atoms with Crippen LogP contribution in [0, 0.1) is 12.7 Å². The van der Waals surface area contributed by atoms with Gasteiger partial charge >= 0.3 is 0 Å². The first kappa shape index (κ1) is 26.1. The van der Waals surface area contributed by atoms with Crippen LogP contribution < -0.4 is 5.32 Å². The van der Waals surface area contributed by atoms with Crippen molar-refractivity contribution in [2.24, 2.45) is 0 Å². The van der Waals surface area contributed by atoms with E-state index in [0.717, 1.165) is 5.01 Å². The minimum absolute atomic E-state index is 0.0254. The van der Waals surface area contributed by atoms with Crippen molar-refractivity contribution >= 4 is 35.6 Å². The standard InChI is InChI=1S/C21H34FN5O3S2Si/c1-14-19(31-17(24-14)13-30-33(6,7)21(2,3)4)18-16(22)12-23-20(26-18)25-15-8-10-27(11-9-15)32(5,28)29/h12,15H,8-11,13H2,1-7H3,(H,23,25,26). The van der Waals surface area contributed by atoms with Crippen molar-refractivity contribution in [2.45, 2.75) is 71.3 Å². The third kappa shape index (κ3) is 6.35. The molecule has 2 aromatic heterocycles. The molecule has 0 aliphatic carbocycles. The fraction of sp³-hybridized carbons (Fsp3) is 0.667. The molecule has 12 heteroatoms. The number of piperidine rings is 1. The summed E-state index contributed by atoms with van der Waals surface area (Å²) >= 11 is 1.39. The average molecular weight is 516 g/mol. The highest BCUT2D eigenvalue weighted by molar-refractivity contribution is 7.88. The predicted molar refractivity (Wildman–Crippen MR) is 133 cm³/mol. The van der Waals surface area contributed by atoms with Crippen molar-refractivity contribution in [3.63, 3.8) is 0 Å². The van der Waals surface area contributed by atoms with Gasteiger partial charge in [-0.1, -0.05) is 20.8 Å². The van der Waals surface area contributed by atoms with E-state index in [1.165, 1.54) is 28.1 Å². The summed E-state index contributed by atoms with van der Waals surface area (Å²) < 4.78 is 45.8. The fourth-order valence-corrected chi connectivity index (χ4v) is 6.18. The van der Waals surface area contributed by atoms with E-state index in [-0.39, 0.29) is 16.8 Å². The topological polar surface area (TPSA) is 97.3 Å². The number of aryl methyl sites for hydroxylation is 1. The Labute approximate surface area is 201 Å². The van der Waals surface area contributed by atoms with Crippen LogP contribution in [0.15, 0.2) is 6.20 Å². The number of sulfonamides is 1. The second kappa shape index (κ2) is 9.65. The molecule has 0 bridgehead atoms. The van der Waals surface area contributed by atoms with Crippen LogP contribution >= 0.6 is 11.3 Å². The Kier molecular flexibility index (Phi) is 7.64. The number of hydrogen-bond acceptors (Lipinski definition) is 8. The predicted octanol–water partition coefficient (Wildman–Crippen LogP) is 4.41. The highest BCUT2D eigenvalue weighted by Crippen LogP contribution is 2.38. The Bertz CT molecular complexity index is 1090. The second-order valence-electron chi connectivity index (χ2n) is 10.0. The number of aromatic nitrogens is 3. The Hall–Kier alpha value is -1.47. The Balaban J connectivity index is 1.72. The van der Waals surface area contributed by atoms with Crippen LogP contribution in [0.25, 0.3) is 10.6 Å². The number of nitrogens with zero attached hydrogens (tertiary/aromatic N) is 4. The maximum Gasteiger partial charge on any atom is 0.223 e. The van der Waals surface area contributed by atoms with Gasteiger partial charge in [0.15, 0.2) is 14.1 Å². The van der Waals surface area contributed by atoms with Crippen LogP contribution in [-0.4, -0.2) is 61.4 Å². The molecule has 33 heavy (non-hydrogen) atoms. The summed E-state index contributed by atoms with van der Waals surface area (Å²) in [5.41, 5.74) is 0.925. The molecule has 3 heterocycles. The number of thiazole rings is 1. The van der Waals surface area contributed by atoms with E-state index in [9.17, 15) is 12.8 Å². The van der Waals surface area contributed by atoms with Crippen molar-refractivity contribution < 1.29 is 17.2 Å². The summed E-state index contributed by atoms with van der Waals surface area (Å²) in [4.78, 5) is 13.8. The minimum atomic E-state index is -3.18. The van der Waals surface area contributed by atoms with E-state index in [1.54, 1.807) is 0 Å². The lowest BCUT2D eigenvalue weighted by molar-refractivity contribution is 0.275. The SMILES string of the molecule is Cc1nc(CO[Si](C)(C)C(C)(C)C)sc1-c1nc(NC2CCN(S(C)(=O)=O)CC2)ncc1F. The van der Waals surface area contributed by atoms with E-state index >= 15 is 0 Å². The minimum Gasteiger partial charge on any atom is -0.410 e. The Morgan fingerprint density at radius 1 is 1.27 bits per heavy atom. The lowest BCUT2D eigenvalue weighted by Crippen LogP contribution is -2.42. The lowest BCUT2D eigenvalue weighted by Gasteiger charge is -2.35. The van der Waals surface area contributed by atoms with Crippen LogP contribution in [0.3, 0.4) is 0 Å². The Morgan fingerprint density at radius 2 is 1.91 bits per heavy atom. The van der Waals surface area contributed by atoms with E-state index in [2.05, 4.69) is 54.1 Å². The van der Waals surface area contributed by atoms with Gasteiger partial charge in [0.05, 0.1) is 29.6 Å². The average Bonchev–Trinajstić information content (AvgIpc) is 3.07. The van der Waals surface area contributed by atoms with Gasteiger partial charge in [0, 0.05) is 19.1 Å². The molecule has 0 amide bonds. The molecule has 184 valence electrons. The summed E-state index contributed by atoms with van der Waals surface area (Å²) in [5.74, 6) is -0.174. The largest absolute Gasteiger partial charge is 0.410 e. The maximum atomic E-state index is 14.7. The smallest absolute Gasteiger partial charge is 0.223 e. The van der Waals surface area contributed by atoms with Gasteiger partial charge in [-0.25, -0.2) is 32.1 Å². The van der Waals surface area contributed by atoms with E-state index in [4.69, 9.17) is 4.43 Å². The number of anilines is 1. The third-order valence-corrected chi connectivity index (χ3v) is 13.3. The molecule has 1 aliphatic rings. The van der Waals surface area contributed by atoms with Gasteiger partial charge in [-0.2, -0.15) is 0 Å². The van der Waals surface area contributed by atoms with Crippen LogP contribution in [-0.2, 0) is 21.1 Å². The first-order chi connectivity index (χ1) is 15.2. The van der Waals surface area contributed by atoms with Gasteiger partial charge < -0.3 is 9.74 Å². The van der Waals surface area contributed by atoms with Crippen LogP contribution in [0.5, 0.6) is 0 Å². The third-order valence-electron chi connectivity index (χ3n) is 6.42. The van der Waals surface area contributed by atoms with Gasteiger partial charge in [-0.15, -0.1) is 11.3 Å². The maximum absolute atomic E-state index is 14.7. The van der Waals surface area contributed by atoms with Gasteiger partial charge in [0.1, 0.15) is 10.7 Å². The van der Waals surface area contributed by atoms with Crippen molar-refractivity contribution in [2.75, 3.05) is 24.7 Å². The zero-order valence-electron chi connectivity index (χ0n) is 20.4. The molecule has 0 spiro atoms. The summed E-state index contributed by atoms with van der Waals surface area (Å²) in [5, 5.41) is 4.13. The monoisotopic (exact) mass is 515 g/mol. The molecule has 1 N–H and O–H groups in total. The van der Waals surface area contributed by atoms with Crippen LogP contribution in [0.2, 0.25) is 18.1 Å². The molecule has 0 radical (unpaired) electrons. The van der Waals surface area contributed by atoms with Gasteiger partial charge in [-0.05, 0) is 37.9 Å². The molecule has 1 fully saturated rings. The zero-order valence-corrected chi connectivity index (χ0v) is 23.0. The number of hydrogen-bond donors (Lipinski definition) is 1. The molecule has 8 nitrogen and oxygen atoms in total. The van der Waals surface area contributed by atoms with Crippen molar-refractivity contribution in [3.05, 3.63) is 22.7 Å². The van der Waals surface area contributed by atoms with Crippen molar-refractivity contribution in [3.8, 4) is 10.6 Å². The molecule has 0 saturated carbocycles. The van der Waals surface area contributed by atoms with E-state index in [1.807, 2.05) is 6.92 Å². The van der Waals surface area contributed by atoms with Crippen molar-refractivity contribution in [1.29, 1.82) is 0 Å². The summed E-state index contributed by atoms with van der Waals surface area (Å²) in [6, 6.07) is 0.0254. The molecule has 2 aromatic rings. The van der Waals surface area contributed by atoms with Crippen LogP contribution in [0.1, 0.15) is 44.3 Å². The molecule has 1 aliphatic heterocycles. The van der Waals surface area contributed by atoms with Crippen molar-refractivity contribution in [1.82, 2.24) is 19.3 Å². The molecular formula is C21H34FN5O3S2Si. The number of rotatable bonds is 7. The highest BCUT2D eigenvalue weighted by atomic mass is 32.2. The molecular weight excluding hydrogens is 481 g/mol. The number of halogens is 1. The second-order valence-corrected chi connectivity index (χ2v) is 17.9. The summed E-state index contributed by atoms with van der Waals surface area (Å²) in [6.07, 6.45) is 3.66. The molecule has 3 rings (SSSR count). The van der Waals surface area contributed by atoms with E-state index in [0.29, 0.717) is 49.1 Å². The lowest BCUT2D eigenvalue weighted by atomic mass is 10.1. The van der Waals surface area contributed by atoms with Gasteiger partial charge in [0.25, 0.3) is 0 Å². The molecule has 0 aromatic carbocycles. The molecule has 0 atom stereocenters. The first-order valence-corrected chi connectivity index (χ1v) is 16.6. The summed E-state index contributed by atoms with van der Waals surface area (Å²) in [7, 11) is -5.11. The van der Waals surface area contributed by atoms with Crippen LogP contribution in [0.4, 0.5) is 10.3 Å². The molecule has 1 saturated heterocycles. The highest BCUT2D eigenvalue weighted by Gasteiger charge is 2.37. The zero-order chi connectivity index (χ0) is 24.6. The Morgan fingerprint density at radius 3 is 2.48 bits per heavy atom. The van der Waals surface area contributed by atoms with Gasteiger partial charge in [0.2, 0.25) is 16.0 Å².